The van der Waals surface area contributed by atoms with Crippen molar-refractivity contribution in [3.8, 4) is 0 Å². The highest BCUT2D eigenvalue weighted by molar-refractivity contribution is 5.89. The monoisotopic (exact) mass is 433 g/mol. The van der Waals surface area contributed by atoms with Gasteiger partial charge in [-0.05, 0) is 42.9 Å². The lowest BCUT2D eigenvalue weighted by molar-refractivity contribution is -0.132. The van der Waals surface area contributed by atoms with Crippen molar-refractivity contribution in [2.24, 2.45) is 7.05 Å². The highest BCUT2D eigenvalue weighted by Crippen LogP contribution is 2.21. The van der Waals surface area contributed by atoms with Crippen LogP contribution in [0.3, 0.4) is 0 Å². The van der Waals surface area contributed by atoms with E-state index in [-0.39, 0.29) is 11.5 Å². The van der Waals surface area contributed by atoms with Gasteiger partial charge in [0, 0.05) is 62.9 Å². The molecule has 3 heterocycles. The van der Waals surface area contributed by atoms with Gasteiger partial charge >= 0.3 is 0 Å². The molecule has 0 radical (unpaired) electrons. The predicted octanol–water partition coefficient (Wildman–Crippen LogP) is 2.00. The molecule has 7 nitrogen and oxygen atoms in total. The molecule has 0 atom stereocenters. The Balaban J connectivity index is 1.15. The number of fused-ring (bicyclic) bond motifs is 2. The molecule has 0 bridgehead atoms. The Morgan fingerprint density at radius 1 is 1.03 bits per heavy atom. The average molecular weight is 434 g/mol. The van der Waals surface area contributed by atoms with Gasteiger partial charge in [0.05, 0.1) is 18.7 Å². The smallest absolute Gasteiger partial charge is 0.267 e. The molecule has 1 aromatic carbocycles. The van der Waals surface area contributed by atoms with E-state index in [1.54, 1.807) is 10.7 Å². The van der Waals surface area contributed by atoms with E-state index in [2.05, 4.69) is 32.9 Å². The Kier molecular flexibility index (Phi) is 5.83. The Morgan fingerprint density at radius 3 is 2.66 bits per heavy atom. The van der Waals surface area contributed by atoms with E-state index in [0.29, 0.717) is 13.0 Å². The third-order valence-electron chi connectivity index (χ3n) is 6.95. The van der Waals surface area contributed by atoms with Crippen molar-refractivity contribution in [2.45, 2.75) is 38.6 Å². The number of nitrogens with zero attached hydrogens (tertiary/aromatic N) is 5. The summed E-state index contributed by atoms with van der Waals surface area (Å²) in [6, 6.07) is 10.0. The zero-order chi connectivity index (χ0) is 22.1. The van der Waals surface area contributed by atoms with Crippen LogP contribution < -0.4 is 5.56 Å². The number of hydrogen-bond donors (Lipinski definition) is 0. The Bertz CT molecular complexity index is 1190. The summed E-state index contributed by atoms with van der Waals surface area (Å²) in [5.74, 6) is 0.188. The lowest BCUT2D eigenvalue weighted by Gasteiger charge is -2.34. The van der Waals surface area contributed by atoms with Crippen molar-refractivity contribution >= 4 is 16.8 Å². The number of aryl methyl sites for hydroxylation is 3. The third-order valence-corrected chi connectivity index (χ3v) is 6.95. The summed E-state index contributed by atoms with van der Waals surface area (Å²) in [7, 11) is 2.03. The fourth-order valence-corrected chi connectivity index (χ4v) is 5.06. The van der Waals surface area contributed by atoms with Crippen LogP contribution in [0.5, 0.6) is 0 Å². The second-order valence-corrected chi connectivity index (χ2v) is 9.07. The van der Waals surface area contributed by atoms with Gasteiger partial charge in [0.25, 0.3) is 5.56 Å². The van der Waals surface area contributed by atoms with Crippen molar-refractivity contribution in [3.05, 3.63) is 63.7 Å². The number of carbonyl (C=O) groups excluding carboxylic acids is 1. The first-order chi connectivity index (χ1) is 15.6. The van der Waals surface area contributed by atoms with E-state index in [4.69, 9.17) is 0 Å². The molecule has 1 aliphatic heterocycles. The summed E-state index contributed by atoms with van der Waals surface area (Å²) in [5, 5.41) is 5.78. The minimum Gasteiger partial charge on any atom is -0.350 e. The molecule has 32 heavy (non-hydrogen) atoms. The molecule has 2 aliphatic rings. The van der Waals surface area contributed by atoms with Crippen molar-refractivity contribution in [1.82, 2.24) is 24.1 Å². The number of benzene rings is 1. The molecule has 3 aromatic rings. The topological polar surface area (TPSA) is 63.4 Å². The van der Waals surface area contributed by atoms with Crippen LogP contribution in [0, 0.1) is 0 Å². The number of aromatic nitrogens is 3. The molecule has 5 rings (SSSR count). The first kappa shape index (κ1) is 20.9. The lowest BCUT2D eigenvalue weighted by Crippen LogP contribution is -2.50. The van der Waals surface area contributed by atoms with E-state index in [1.807, 2.05) is 24.1 Å². The molecule has 1 fully saturated rings. The van der Waals surface area contributed by atoms with Crippen molar-refractivity contribution in [3.63, 3.8) is 0 Å². The van der Waals surface area contributed by atoms with Gasteiger partial charge in [-0.2, -0.15) is 5.10 Å². The van der Waals surface area contributed by atoms with Crippen molar-refractivity contribution in [1.29, 1.82) is 0 Å². The minimum atomic E-state index is 0.00884. The maximum Gasteiger partial charge on any atom is 0.267 e. The molecule has 2 aromatic heterocycles. The first-order valence-corrected chi connectivity index (χ1v) is 11.7. The van der Waals surface area contributed by atoms with Crippen LogP contribution in [0.25, 0.3) is 10.9 Å². The second kappa shape index (κ2) is 8.90. The van der Waals surface area contributed by atoms with Gasteiger partial charge in [0.2, 0.25) is 5.91 Å². The summed E-state index contributed by atoms with van der Waals surface area (Å²) < 4.78 is 3.72. The Morgan fingerprint density at radius 2 is 1.81 bits per heavy atom. The van der Waals surface area contributed by atoms with Gasteiger partial charge < -0.3 is 9.47 Å². The summed E-state index contributed by atoms with van der Waals surface area (Å²) in [6.45, 7) is 4.53. The maximum absolute atomic E-state index is 12.9. The van der Waals surface area contributed by atoms with Crippen LogP contribution in [0.15, 0.2) is 41.3 Å². The summed E-state index contributed by atoms with van der Waals surface area (Å²) >= 11 is 0. The largest absolute Gasteiger partial charge is 0.350 e. The predicted molar refractivity (Wildman–Crippen MR) is 125 cm³/mol. The van der Waals surface area contributed by atoms with Gasteiger partial charge in [-0.3, -0.25) is 14.5 Å². The fraction of sp³-hybridized carbons (Fsp3) is 0.480. The number of piperazine rings is 1. The number of para-hydroxylation sites is 1. The standard InChI is InChI=1S/C25H31N5O2/c1-27-18-20(21-7-3-5-9-23(21)27)17-24(31)29-13-10-28(11-14-29)12-15-30-25(32)16-19-6-2-4-8-22(19)26-30/h3,5,7,9,16,18H,2,4,6,8,10-15,17H2,1H3. The van der Waals surface area contributed by atoms with Crippen LogP contribution in [-0.2, 0) is 37.6 Å². The van der Waals surface area contributed by atoms with Crippen LogP contribution in [0.2, 0.25) is 0 Å². The summed E-state index contributed by atoms with van der Waals surface area (Å²) in [4.78, 5) is 29.6. The minimum absolute atomic E-state index is 0.00884. The second-order valence-electron chi connectivity index (χ2n) is 9.07. The molecule has 7 heteroatoms. The molecular weight excluding hydrogens is 402 g/mol. The quantitative estimate of drug-likeness (QED) is 0.618. The van der Waals surface area contributed by atoms with E-state index < -0.39 is 0 Å². The zero-order valence-electron chi connectivity index (χ0n) is 18.8. The fourth-order valence-electron chi connectivity index (χ4n) is 5.06. The normalized spacial score (nSPS) is 17.0. The molecule has 0 N–H and O–H groups in total. The SMILES string of the molecule is Cn1cc(CC(=O)N2CCN(CCn3nc4c(cc3=O)CCCC4)CC2)c2ccccc21. The third kappa shape index (κ3) is 4.21. The highest BCUT2D eigenvalue weighted by Gasteiger charge is 2.22. The number of rotatable bonds is 5. The van der Waals surface area contributed by atoms with Gasteiger partial charge in [-0.25, -0.2) is 4.68 Å². The molecular formula is C25H31N5O2. The van der Waals surface area contributed by atoms with Gasteiger partial charge in [0.15, 0.2) is 0 Å². The van der Waals surface area contributed by atoms with Crippen LogP contribution in [0.4, 0.5) is 0 Å². The van der Waals surface area contributed by atoms with Crippen LogP contribution in [-0.4, -0.2) is 62.8 Å². The number of carbonyl (C=O) groups is 1. The molecule has 1 amide bonds. The van der Waals surface area contributed by atoms with E-state index in [1.165, 1.54) is 0 Å². The highest BCUT2D eigenvalue weighted by atomic mass is 16.2. The zero-order valence-corrected chi connectivity index (χ0v) is 18.8. The van der Waals surface area contributed by atoms with E-state index in [0.717, 1.165) is 86.1 Å². The molecule has 0 saturated carbocycles. The molecule has 0 unspecified atom stereocenters. The average Bonchev–Trinajstić information content (AvgIpc) is 3.13. The first-order valence-electron chi connectivity index (χ1n) is 11.7. The van der Waals surface area contributed by atoms with Crippen molar-refractivity contribution in [2.75, 3.05) is 32.7 Å². The van der Waals surface area contributed by atoms with Gasteiger partial charge in [0.1, 0.15) is 0 Å². The molecule has 168 valence electrons. The molecule has 1 saturated heterocycles. The van der Waals surface area contributed by atoms with Gasteiger partial charge in [-0.1, -0.05) is 18.2 Å². The van der Waals surface area contributed by atoms with Crippen LogP contribution >= 0.6 is 0 Å². The molecule has 1 aliphatic carbocycles. The number of amides is 1. The lowest BCUT2D eigenvalue weighted by atomic mass is 9.97. The van der Waals surface area contributed by atoms with E-state index >= 15 is 0 Å². The summed E-state index contributed by atoms with van der Waals surface area (Å²) in [6.07, 6.45) is 6.78. The summed E-state index contributed by atoms with van der Waals surface area (Å²) in [5.41, 5.74) is 4.49. The Hall–Kier alpha value is -2.93. The molecule has 0 spiro atoms. The Labute approximate surface area is 188 Å². The van der Waals surface area contributed by atoms with Gasteiger partial charge in [-0.15, -0.1) is 0 Å². The van der Waals surface area contributed by atoms with Crippen molar-refractivity contribution < 1.29 is 4.79 Å². The van der Waals surface area contributed by atoms with E-state index in [9.17, 15) is 9.59 Å². The maximum atomic E-state index is 12.9. The number of hydrogen-bond acceptors (Lipinski definition) is 4. The van der Waals surface area contributed by atoms with Crippen LogP contribution in [0.1, 0.15) is 29.7 Å².